The van der Waals surface area contributed by atoms with Crippen molar-refractivity contribution < 1.29 is 4.79 Å². The van der Waals surface area contributed by atoms with Gasteiger partial charge in [0.1, 0.15) is 0 Å². The number of nitrogens with one attached hydrogen (secondary N) is 1. The molecule has 1 amide bonds. The van der Waals surface area contributed by atoms with Crippen LogP contribution >= 0.6 is 11.3 Å². The van der Waals surface area contributed by atoms with Crippen LogP contribution in [0.25, 0.3) is 0 Å². The molecule has 0 aliphatic heterocycles. The molecule has 0 saturated carbocycles. The maximum atomic E-state index is 11.9. The van der Waals surface area contributed by atoms with Crippen molar-refractivity contribution in [3.63, 3.8) is 0 Å². The van der Waals surface area contributed by atoms with Crippen LogP contribution in [-0.4, -0.2) is 10.5 Å². The smallest absolute Gasteiger partial charge is 0.307 e. The molecule has 106 valence electrons. The fourth-order valence-corrected chi connectivity index (χ4v) is 2.69. The third-order valence-corrected chi connectivity index (χ3v) is 3.94. The molecule has 0 atom stereocenters. The number of hydrogen-bond donors (Lipinski definition) is 2. The van der Waals surface area contributed by atoms with Gasteiger partial charge in [-0.25, -0.2) is 0 Å². The Hall–Kier alpha value is -2.08. The van der Waals surface area contributed by atoms with E-state index in [-0.39, 0.29) is 17.2 Å². The fourth-order valence-electron chi connectivity index (χ4n) is 1.93. The van der Waals surface area contributed by atoms with E-state index in [1.807, 2.05) is 19.9 Å². The van der Waals surface area contributed by atoms with Crippen molar-refractivity contribution in [2.45, 2.75) is 26.8 Å². The third-order valence-electron chi connectivity index (χ3n) is 3.06. The molecule has 6 heteroatoms. The number of nitrogen functional groups attached to an aromatic ring is 1. The van der Waals surface area contributed by atoms with Gasteiger partial charge in [0.25, 0.3) is 0 Å². The molecular weight excluding hydrogens is 274 g/mol. The Kier molecular flexibility index (Phi) is 4.24. The van der Waals surface area contributed by atoms with Crippen LogP contribution in [0, 0.1) is 13.8 Å². The van der Waals surface area contributed by atoms with E-state index in [1.54, 1.807) is 22.1 Å². The summed E-state index contributed by atoms with van der Waals surface area (Å²) in [6.45, 7) is 4.15. The van der Waals surface area contributed by atoms with Crippen molar-refractivity contribution in [3.8, 4) is 0 Å². The number of aryl methyl sites for hydroxylation is 2. The zero-order chi connectivity index (χ0) is 14.7. The number of carbonyl (C=O) groups excluding carboxylic acids is 1. The topological polar surface area (TPSA) is 77.1 Å². The van der Waals surface area contributed by atoms with Gasteiger partial charge in [0.2, 0.25) is 5.91 Å². The first-order valence-electron chi connectivity index (χ1n) is 6.28. The number of carbonyl (C=O) groups is 1. The van der Waals surface area contributed by atoms with E-state index in [0.29, 0.717) is 12.2 Å². The normalized spacial score (nSPS) is 10.5. The Balaban J connectivity index is 1.98. The lowest BCUT2D eigenvalue weighted by Crippen LogP contribution is -2.20. The molecule has 1 aromatic carbocycles. The van der Waals surface area contributed by atoms with Gasteiger partial charge in [0.15, 0.2) is 0 Å². The van der Waals surface area contributed by atoms with Gasteiger partial charge in [0.05, 0.1) is 0 Å². The maximum Gasteiger partial charge on any atom is 0.307 e. The summed E-state index contributed by atoms with van der Waals surface area (Å²) in [4.78, 5) is 23.4. The highest BCUT2D eigenvalue weighted by Crippen LogP contribution is 2.17. The van der Waals surface area contributed by atoms with Crippen LogP contribution in [0.5, 0.6) is 0 Å². The summed E-state index contributed by atoms with van der Waals surface area (Å²) >= 11 is 1.15. The molecule has 2 aromatic rings. The summed E-state index contributed by atoms with van der Waals surface area (Å²) in [6, 6.07) is 5.34. The lowest BCUT2D eigenvalue weighted by atomic mass is 10.2. The number of hydrogen-bond acceptors (Lipinski definition) is 4. The molecule has 0 bridgehead atoms. The van der Waals surface area contributed by atoms with E-state index in [2.05, 4.69) is 5.32 Å². The largest absolute Gasteiger partial charge is 0.399 e. The van der Waals surface area contributed by atoms with E-state index in [1.165, 1.54) is 0 Å². The van der Waals surface area contributed by atoms with Gasteiger partial charge < -0.3 is 15.6 Å². The summed E-state index contributed by atoms with van der Waals surface area (Å²) in [5.41, 5.74) is 8.89. The number of aromatic nitrogens is 1. The average Bonchev–Trinajstić information content (AvgIpc) is 2.70. The molecule has 0 aliphatic carbocycles. The van der Waals surface area contributed by atoms with Crippen LogP contribution in [0.2, 0.25) is 0 Å². The standard InChI is InChI=1S/C14H17N3O2S/c1-9-7-11(15)3-4-12(9)16-13(18)5-6-17-10(2)8-20-14(17)19/h3-4,7-8H,5-6,15H2,1-2H3,(H,16,18). The number of amides is 1. The number of thiazole rings is 1. The quantitative estimate of drug-likeness (QED) is 0.847. The van der Waals surface area contributed by atoms with Gasteiger partial charge in [-0.1, -0.05) is 11.3 Å². The van der Waals surface area contributed by atoms with E-state index in [4.69, 9.17) is 5.73 Å². The number of benzene rings is 1. The second-order valence-corrected chi connectivity index (χ2v) is 5.49. The van der Waals surface area contributed by atoms with Gasteiger partial charge in [-0.05, 0) is 37.6 Å². The maximum absolute atomic E-state index is 11.9. The number of nitrogens with two attached hydrogens (primary N) is 1. The van der Waals surface area contributed by atoms with Crippen molar-refractivity contribution in [3.05, 3.63) is 44.5 Å². The highest BCUT2D eigenvalue weighted by molar-refractivity contribution is 7.07. The molecule has 2 rings (SSSR count). The minimum Gasteiger partial charge on any atom is -0.399 e. The van der Waals surface area contributed by atoms with Crippen molar-refractivity contribution in [1.29, 1.82) is 0 Å². The highest BCUT2D eigenvalue weighted by Gasteiger charge is 2.08. The molecule has 1 heterocycles. The van der Waals surface area contributed by atoms with Gasteiger partial charge >= 0.3 is 4.87 Å². The first-order chi connectivity index (χ1) is 9.47. The van der Waals surface area contributed by atoms with Crippen LogP contribution in [0.1, 0.15) is 17.7 Å². The monoisotopic (exact) mass is 291 g/mol. The first-order valence-corrected chi connectivity index (χ1v) is 7.16. The molecule has 3 N–H and O–H groups in total. The van der Waals surface area contributed by atoms with Crippen LogP contribution in [-0.2, 0) is 11.3 Å². The Labute approximate surface area is 121 Å². The summed E-state index contributed by atoms with van der Waals surface area (Å²) in [5.74, 6) is -0.115. The number of rotatable bonds is 4. The van der Waals surface area contributed by atoms with Gasteiger partial charge in [-0.15, -0.1) is 0 Å². The van der Waals surface area contributed by atoms with Crippen molar-refractivity contribution in [1.82, 2.24) is 4.57 Å². The molecule has 0 saturated heterocycles. The number of nitrogens with zero attached hydrogens (tertiary/aromatic N) is 1. The Morgan fingerprint density at radius 1 is 1.40 bits per heavy atom. The predicted octanol–water partition coefficient (Wildman–Crippen LogP) is 2.14. The molecule has 0 unspecified atom stereocenters. The molecule has 20 heavy (non-hydrogen) atoms. The Morgan fingerprint density at radius 3 is 2.75 bits per heavy atom. The third kappa shape index (κ3) is 3.27. The van der Waals surface area contributed by atoms with Crippen LogP contribution in [0.15, 0.2) is 28.4 Å². The van der Waals surface area contributed by atoms with E-state index < -0.39 is 0 Å². The molecule has 0 spiro atoms. The second kappa shape index (κ2) is 5.92. The highest BCUT2D eigenvalue weighted by atomic mass is 32.1. The summed E-state index contributed by atoms with van der Waals surface area (Å²) in [5, 5.41) is 4.63. The second-order valence-electron chi connectivity index (χ2n) is 4.67. The van der Waals surface area contributed by atoms with Crippen LogP contribution in [0.3, 0.4) is 0 Å². The van der Waals surface area contributed by atoms with Crippen molar-refractivity contribution in [2.75, 3.05) is 11.1 Å². The number of anilines is 2. The summed E-state index contributed by atoms with van der Waals surface area (Å²) < 4.78 is 1.61. The molecule has 0 aliphatic rings. The molecule has 1 aromatic heterocycles. The van der Waals surface area contributed by atoms with Crippen LogP contribution < -0.4 is 15.9 Å². The average molecular weight is 291 g/mol. The zero-order valence-corrected chi connectivity index (χ0v) is 12.3. The lowest BCUT2D eigenvalue weighted by Gasteiger charge is -2.09. The van der Waals surface area contributed by atoms with E-state index >= 15 is 0 Å². The Bertz CT molecular complexity index is 688. The fraction of sp³-hybridized carbons (Fsp3) is 0.286. The van der Waals surface area contributed by atoms with Gasteiger partial charge in [-0.3, -0.25) is 9.59 Å². The van der Waals surface area contributed by atoms with E-state index in [0.717, 1.165) is 28.3 Å². The molecule has 5 nitrogen and oxygen atoms in total. The zero-order valence-electron chi connectivity index (χ0n) is 11.5. The molecule has 0 radical (unpaired) electrons. The molecular formula is C14H17N3O2S. The first kappa shape index (κ1) is 14.3. The van der Waals surface area contributed by atoms with Crippen LogP contribution in [0.4, 0.5) is 11.4 Å². The SMILES string of the molecule is Cc1cc(N)ccc1NC(=O)CCn1c(C)csc1=O. The summed E-state index contributed by atoms with van der Waals surface area (Å²) in [6.07, 6.45) is 0.265. The lowest BCUT2D eigenvalue weighted by molar-refractivity contribution is -0.116. The van der Waals surface area contributed by atoms with Gasteiger partial charge in [0, 0.05) is 35.4 Å². The minimum atomic E-state index is -0.115. The Morgan fingerprint density at radius 2 is 2.15 bits per heavy atom. The minimum absolute atomic E-state index is 0.0287. The van der Waals surface area contributed by atoms with Gasteiger partial charge in [-0.2, -0.15) is 0 Å². The summed E-state index contributed by atoms with van der Waals surface area (Å²) in [7, 11) is 0. The van der Waals surface area contributed by atoms with Crippen molar-refractivity contribution in [2.24, 2.45) is 0 Å². The van der Waals surface area contributed by atoms with Crippen molar-refractivity contribution >= 4 is 28.6 Å². The molecule has 0 fully saturated rings. The predicted molar refractivity (Wildman–Crippen MR) is 82.2 cm³/mol. The van der Waals surface area contributed by atoms with E-state index in [9.17, 15) is 9.59 Å².